The molecule has 17 heavy (non-hydrogen) atoms. The monoisotopic (exact) mass is 311 g/mol. The van der Waals surface area contributed by atoms with Crippen LogP contribution in [0.2, 0.25) is 0 Å². The molecule has 0 saturated heterocycles. The lowest BCUT2D eigenvalue weighted by atomic mass is 10.2. The minimum atomic E-state index is 0.786. The molecule has 3 nitrogen and oxygen atoms in total. The number of aryl methyl sites for hydroxylation is 1. The Bertz CT molecular complexity index is 524. The third-order valence-electron chi connectivity index (χ3n) is 2.54. The number of rotatable bonds is 3. The highest BCUT2D eigenvalue weighted by Crippen LogP contribution is 2.23. The smallest absolute Gasteiger partial charge is 0.130 e. The Labute approximate surface area is 113 Å². The Morgan fingerprint density at radius 3 is 2.82 bits per heavy atom. The van der Waals surface area contributed by atoms with E-state index in [4.69, 9.17) is 5.73 Å². The van der Waals surface area contributed by atoms with Gasteiger partial charge in [0.1, 0.15) is 5.82 Å². The fourth-order valence-corrected chi connectivity index (χ4v) is 2.99. The maximum absolute atomic E-state index is 5.88. The molecule has 0 atom stereocenters. The fraction of sp³-hybridized carbons (Fsp3) is 0.250. The van der Waals surface area contributed by atoms with Gasteiger partial charge in [-0.25, -0.2) is 4.98 Å². The van der Waals surface area contributed by atoms with Crippen LogP contribution in [0.15, 0.2) is 28.2 Å². The lowest BCUT2D eigenvalue weighted by molar-refractivity contribution is 0.911. The molecule has 90 valence electrons. The van der Waals surface area contributed by atoms with Gasteiger partial charge in [0.2, 0.25) is 0 Å². The van der Waals surface area contributed by atoms with Gasteiger partial charge in [-0.3, -0.25) is 0 Å². The minimum absolute atomic E-state index is 0.786. The number of hydrogen-bond donors (Lipinski definition) is 1. The van der Waals surface area contributed by atoms with E-state index in [0.29, 0.717) is 0 Å². The van der Waals surface area contributed by atoms with Crippen molar-refractivity contribution >= 4 is 38.8 Å². The summed E-state index contributed by atoms with van der Waals surface area (Å²) in [6, 6.07) is 4.04. The van der Waals surface area contributed by atoms with E-state index in [1.807, 2.05) is 26.2 Å². The summed E-state index contributed by atoms with van der Waals surface area (Å²) < 4.78 is 1.13. The molecule has 0 bridgehead atoms. The van der Waals surface area contributed by atoms with Crippen molar-refractivity contribution in [2.24, 2.45) is 0 Å². The number of nitrogens with two attached hydrogens (primary N) is 1. The number of pyridine rings is 1. The van der Waals surface area contributed by atoms with Gasteiger partial charge in [0.25, 0.3) is 0 Å². The number of anilines is 2. The number of nitrogen functional groups attached to an aromatic ring is 1. The highest BCUT2D eigenvalue weighted by molar-refractivity contribution is 9.10. The molecule has 5 heteroatoms. The summed E-state index contributed by atoms with van der Waals surface area (Å²) in [6.07, 6.45) is 1.81. The Hall–Kier alpha value is -1.07. The summed E-state index contributed by atoms with van der Waals surface area (Å²) in [6.45, 7) is 2.80. The van der Waals surface area contributed by atoms with Crippen LogP contribution in [-0.4, -0.2) is 12.0 Å². The number of thiophene rings is 1. The van der Waals surface area contributed by atoms with Gasteiger partial charge in [0.15, 0.2) is 0 Å². The molecule has 0 saturated carbocycles. The largest absolute Gasteiger partial charge is 0.398 e. The Balaban J connectivity index is 2.14. The van der Waals surface area contributed by atoms with Gasteiger partial charge in [0, 0.05) is 39.7 Å². The third kappa shape index (κ3) is 2.98. The van der Waals surface area contributed by atoms with E-state index in [1.54, 1.807) is 11.3 Å². The van der Waals surface area contributed by atoms with Crippen molar-refractivity contribution in [3.63, 3.8) is 0 Å². The summed E-state index contributed by atoms with van der Waals surface area (Å²) in [5.74, 6) is 0.901. The topological polar surface area (TPSA) is 42.2 Å². The summed E-state index contributed by atoms with van der Waals surface area (Å²) in [7, 11) is 2.02. The second-order valence-corrected chi connectivity index (χ2v) is 5.90. The highest BCUT2D eigenvalue weighted by atomic mass is 79.9. The van der Waals surface area contributed by atoms with Gasteiger partial charge in [-0.15, -0.1) is 11.3 Å². The van der Waals surface area contributed by atoms with E-state index in [-0.39, 0.29) is 0 Å². The maximum Gasteiger partial charge on any atom is 0.130 e. The quantitative estimate of drug-likeness (QED) is 0.944. The van der Waals surface area contributed by atoms with Gasteiger partial charge in [-0.2, -0.15) is 0 Å². The van der Waals surface area contributed by atoms with E-state index < -0.39 is 0 Å². The van der Waals surface area contributed by atoms with Crippen LogP contribution >= 0.6 is 27.3 Å². The minimum Gasteiger partial charge on any atom is -0.398 e. The summed E-state index contributed by atoms with van der Waals surface area (Å²) in [4.78, 5) is 7.76. The zero-order chi connectivity index (χ0) is 12.4. The van der Waals surface area contributed by atoms with Crippen LogP contribution in [0.3, 0.4) is 0 Å². The molecule has 0 aliphatic heterocycles. The van der Waals surface area contributed by atoms with E-state index in [0.717, 1.165) is 28.1 Å². The second kappa shape index (κ2) is 5.06. The number of hydrogen-bond acceptors (Lipinski definition) is 4. The molecule has 2 N–H and O–H groups in total. The Morgan fingerprint density at radius 2 is 2.24 bits per heavy atom. The molecule has 2 rings (SSSR count). The third-order valence-corrected chi connectivity index (χ3v) is 4.22. The zero-order valence-electron chi connectivity index (χ0n) is 9.77. The van der Waals surface area contributed by atoms with Gasteiger partial charge in [-0.05, 0) is 34.5 Å². The van der Waals surface area contributed by atoms with Crippen LogP contribution < -0.4 is 10.6 Å². The van der Waals surface area contributed by atoms with Gasteiger partial charge < -0.3 is 10.6 Å². The predicted octanol–water partition coefficient (Wildman–Crippen LogP) is 3.43. The molecule has 0 aliphatic carbocycles. The van der Waals surface area contributed by atoms with Crippen LogP contribution in [0.5, 0.6) is 0 Å². The first-order valence-electron chi connectivity index (χ1n) is 5.22. The second-order valence-electron chi connectivity index (χ2n) is 3.99. The predicted molar refractivity (Wildman–Crippen MR) is 77.5 cm³/mol. The summed E-state index contributed by atoms with van der Waals surface area (Å²) >= 11 is 5.19. The van der Waals surface area contributed by atoms with Crippen LogP contribution in [0.4, 0.5) is 11.5 Å². The first-order chi connectivity index (χ1) is 8.06. The Kier molecular flexibility index (Phi) is 3.69. The SMILES string of the molecule is Cc1cnc(N(C)Cc2cc(Br)cs2)cc1N. The van der Waals surface area contributed by atoms with E-state index in [1.165, 1.54) is 4.88 Å². The standard InChI is InChI=1S/C12H14BrN3S/c1-8-5-15-12(4-11(8)14)16(2)6-10-3-9(13)7-17-10/h3-5,7H,6H2,1-2H3,(H2,14,15). The normalized spacial score (nSPS) is 10.5. The van der Waals surface area contributed by atoms with Gasteiger partial charge in [0.05, 0.1) is 6.54 Å². The molecular weight excluding hydrogens is 298 g/mol. The van der Waals surface area contributed by atoms with E-state index in [9.17, 15) is 0 Å². The highest BCUT2D eigenvalue weighted by Gasteiger charge is 2.06. The molecule has 0 aliphatic rings. The molecule has 2 heterocycles. The van der Waals surface area contributed by atoms with Crippen molar-refractivity contribution in [2.45, 2.75) is 13.5 Å². The van der Waals surface area contributed by atoms with Crippen LogP contribution in [0, 0.1) is 6.92 Å². The molecule has 0 aromatic carbocycles. The molecular formula is C12H14BrN3S. The molecule has 0 spiro atoms. The average Bonchev–Trinajstić information content (AvgIpc) is 2.68. The van der Waals surface area contributed by atoms with Gasteiger partial charge >= 0.3 is 0 Å². The van der Waals surface area contributed by atoms with Crippen LogP contribution in [-0.2, 0) is 6.54 Å². The molecule has 0 fully saturated rings. The van der Waals surface area contributed by atoms with Crippen molar-refractivity contribution in [1.29, 1.82) is 0 Å². The van der Waals surface area contributed by atoms with Gasteiger partial charge in [-0.1, -0.05) is 0 Å². The van der Waals surface area contributed by atoms with Crippen molar-refractivity contribution in [3.8, 4) is 0 Å². The summed E-state index contributed by atoms with van der Waals surface area (Å²) in [5, 5.41) is 2.08. The lowest BCUT2D eigenvalue weighted by Crippen LogP contribution is -2.17. The maximum atomic E-state index is 5.88. The molecule has 0 amide bonds. The number of aromatic nitrogens is 1. The van der Waals surface area contributed by atoms with Crippen LogP contribution in [0.25, 0.3) is 0 Å². The van der Waals surface area contributed by atoms with Crippen molar-refractivity contribution in [2.75, 3.05) is 17.7 Å². The average molecular weight is 312 g/mol. The zero-order valence-corrected chi connectivity index (χ0v) is 12.2. The number of halogens is 1. The lowest BCUT2D eigenvalue weighted by Gasteiger charge is -2.17. The Morgan fingerprint density at radius 1 is 1.47 bits per heavy atom. The van der Waals surface area contributed by atoms with Crippen molar-refractivity contribution in [1.82, 2.24) is 4.98 Å². The first-order valence-corrected chi connectivity index (χ1v) is 6.89. The van der Waals surface area contributed by atoms with Crippen molar-refractivity contribution in [3.05, 3.63) is 38.6 Å². The molecule has 0 radical (unpaired) electrons. The number of nitrogens with zero attached hydrogens (tertiary/aromatic N) is 2. The van der Waals surface area contributed by atoms with Crippen LogP contribution in [0.1, 0.15) is 10.4 Å². The van der Waals surface area contributed by atoms with Crippen molar-refractivity contribution < 1.29 is 0 Å². The molecule has 2 aromatic heterocycles. The first kappa shape index (κ1) is 12.4. The molecule has 0 unspecified atom stereocenters. The van der Waals surface area contributed by atoms with E-state index >= 15 is 0 Å². The molecule has 2 aromatic rings. The van der Waals surface area contributed by atoms with E-state index in [2.05, 4.69) is 37.3 Å². The fourth-order valence-electron chi connectivity index (χ4n) is 1.49. The summed E-state index contributed by atoms with van der Waals surface area (Å²) in [5.41, 5.74) is 7.69.